The first-order chi connectivity index (χ1) is 11.2. The van der Waals surface area contributed by atoms with Crippen LogP contribution in [0.4, 0.5) is 5.82 Å². The molecule has 1 heterocycles. The number of hydrogen-bond acceptors (Lipinski definition) is 6. The van der Waals surface area contributed by atoms with Crippen molar-refractivity contribution in [2.45, 2.75) is 0 Å². The Bertz CT molecular complexity index is 875. The molecule has 0 fully saturated rings. The molecule has 2 N–H and O–H groups in total. The van der Waals surface area contributed by atoms with Crippen molar-refractivity contribution >= 4 is 41.4 Å². The minimum absolute atomic E-state index is 0. The first-order valence-corrected chi connectivity index (χ1v) is 7.00. The molecule has 134 valence electrons. The smallest absolute Gasteiger partial charge is 0.154 e. The summed E-state index contributed by atoms with van der Waals surface area (Å²) in [6.07, 6.45) is 0. The number of methoxy groups -OCH3 is 3. The molecule has 25 heavy (non-hydrogen) atoms. The third kappa shape index (κ3) is 3.81. The fourth-order valence-electron chi connectivity index (χ4n) is 2.48. The highest BCUT2D eigenvalue weighted by Crippen LogP contribution is 2.37. The second-order valence-electron chi connectivity index (χ2n) is 4.91. The summed E-state index contributed by atoms with van der Waals surface area (Å²) >= 11 is 0. The van der Waals surface area contributed by atoms with Gasteiger partial charge in [-0.15, -0.1) is 35.0 Å². The highest BCUT2D eigenvalue weighted by molar-refractivity contribution is 6.01. The average Bonchev–Trinajstić information content (AvgIpc) is 2.61. The molecule has 0 radical (unpaired) electrons. The maximum absolute atomic E-state index is 5.97. The van der Waals surface area contributed by atoms with Gasteiger partial charge in [0.25, 0.3) is 0 Å². The van der Waals surface area contributed by atoms with Crippen molar-refractivity contribution in [2.24, 2.45) is 0 Å². The number of nitrogens with zero attached hydrogens (tertiary/aromatic N) is 2. The van der Waals surface area contributed by atoms with Crippen molar-refractivity contribution in [1.82, 2.24) is 10.2 Å². The summed E-state index contributed by atoms with van der Waals surface area (Å²) in [6.45, 7) is 0. The number of nitrogens with two attached hydrogens (primary N) is 1. The number of aromatic nitrogens is 2. The molecule has 0 amide bonds. The van der Waals surface area contributed by atoms with Crippen molar-refractivity contribution < 1.29 is 14.2 Å². The van der Waals surface area contributed by atoms with Crippen LogP contribution in [0, 0.1) is 0 Å². The van der Waals surface area contributed by atoms with Crippen LogP contribution >= 0.6 is 24.8 Å². The van der Waals surface area contributed by atoms with Crippen molar-refractivity contribution in [2.75, 3.05) is 27.1 Å². The van der Waals surface area contributed by atoms with Gasteiger partial charge in [-0.2, -0.15) is 0 Å². The van der Waals surface area contributed by atoms with Crippen LogP contribution in [0.3, 0.4) is 0 Å². The topological polar surface area (TPSA) is 79.5 Å². The van der Waals surface area contributed by atoms with Gasteiger partial charge in [-0.05, 0) is 36.4 Å². The fraction of sp³-hybridized carbons (Fsp3) is 0.176. The second-order valence-corrected chi connectivity index (χ2v) is 4.91. The van der Waals surface area contributed by atoms with Crippen molar-refractivity contribution in [3.05, 3.63) is 36.4 Å². The lowest BCUT2D eigenvalue weighted by Gasteiger charge is -2.12. The van der Waals surface area contributed by atoms with E-state index in [-0.39, 0.29) is 24.8 Å². The molecule has 0 aliphatic rings. The van der Waals surface area contributed by atoms with Crippen LogP contribution in [0.2, 0.25) is 0 Å². The molecule has 3 rings (SSSR count). The molecule has 2 aromatic carbocycles. The Morgan fingerprint density at radius 1 is 0.760 bits per heavy atom. The minimum Gasteiger partial charge on any atom is -0.497 e. The molecule has 0 saturated heterocycles. The second kappa shape index (κ2) is 8.60. The summed E-state index contributed by atoms with van der Waals surface area (Å²) in [5.74, 6) is 2.45. The maximum atomic E-state index is 5.97. The van der Waals surface area contributed by atoms with Gasteiger partial charge in [0, 0.05) is 16.3 Å². The molecular formula is C17H19Cl2N3O3. The Hall–Kier alpha value is -2.44. The molecule has 0 saturated carbocycles. The van der Waals surface area contributed by atoms with Crippen LogP contribution in [0.15, 0.2) is 36.4 Å². The molecular weight excluding hydrogens is 365 g/mol. The van der Waals surface area contributed by atoms with Gasteiger partial charge in [0.1, 0.15) is 22.9 Å². The Labute approximate surface area is 158 Å². The number of anilines is 1. The predicted molar refractivity (Wildman–Crippen MR) is 104 cm³/mol. The molecule has 0 atom stereocenters. The molecule has 1 aromatic heterocycles. The zero-order chi connectivity index (χ0) is 16.4. The van der Waals surface area contributed by atoms with E-state index in [4.69, 9.17) is 19.9 Å². The zero-order valence-corrected chi connectivity index (χ0v) is 15.6. The first kappa shape index (κ1) is 20.6. The summed E-state index contributed by atoms with van der Waals surface area (Å²) in [5.41, 5.74) is 7.43. The molecule has 0 bridgehead atoms. The molecule has 8 heteroatoms. The molecule has 0 unspecified atom stereocenters. The third-order valence-corrected chi connectivity index (χ3v) is 3.68. The van der Waals surface area contributed by atoms with Crippen molar-refractivity contribution in [3.63, 3.8) is 0 Å². The van der Waals surface area contributed by atoms with Crippen LogP contribution in [-0.4, -0.2) is 31.5 Å². The Balaban J connectivity index is 0.00000156. The van der Waals surface area contributed by atoms with E-state index in [2.05, 4.69) is 10.2 Å². The molecule has 0 spiro atoms. The number of hydrogen-bond donors (Lipinski definition) is 1. The third-order valence-electron chi connectivity index (χ3n) is 3.68. The highest BCUT2D eigenvalue weighted by Gasteiger charge is 2.15. The Kier molecular flexibility index (Phi) is 7.09. The highest BCUT2D eigenvalue weighted by atomic mass is 35.5. The largest absolute Gasteiger partial charge is 0.497 e. The van der Waals surface area contributed by atoms with Gasteiger partial charge in [-0.3, -0.25) is 0 Å². The number of fused-ring (bicyclic) bond motifs is 1. The van der Waals surface area contributed by atoms with E-state index >= 15 is 0 Å². The van der Waals surface area contributed by atoms with E-state index in [0.29, 0.717) is 28.8 Å². The van der Waals surface area contributed by atoms with Gasteiger partial charge in [-0.1, -0.05) is 0 Å². The van der Waals surface area contributed by atoms with Crippen molar-refractivity contribution in [1.29, 1.82) is 0 Å². The summed E-state index contributed by atoms with van der Waals surface area (Å²) in [6, 6.07) is 11.1. The lowest BCUT2D eigenvalue weighted by atomic mass is 10.0. The number of halogens is 2. The van der Waals surface area contributed by atoms with E-state index in [1.807, 2.05) is 36.4 Å². The van der Waals surface area contributed by atoms with Crippen LogP contribution in [0.1, 0.15) is 0 Å². The van der Waals surface area contributed by atoms with Gasteiger partial charge in [0.15, 0.2) is 5.82 Å². The normalized spacial score (nSPS) is 9.72. The summed E-state index contributed by atoms with van der Waals surface area (Å²) in [5, 5.41) is 9.97. The van der Waals surface area contributed by atoms with E-state index in [1.54, 1.807) is 21.3 Å². The maximum Gasteiger partial charge on any atom is 0.154 e. The minimum atomic E-state index is 0. The van der Waals surface area contributed by atoms with Crippen molar-refractivity contribution in [3.8, 4) is 28.5 Å². The summed E-state index contributed by atoms with van der Waals surface area (Å²) in [4.78, 5) is 0. The molecule has 3 aromatic rings. The monoisotopic (exact) mass is 383 g/mol. The Morgan fingerprint density at radius 3 is 2.04 bits per heavy atom. The number of nitrogen functional groups attached to an aromatic ring is 1. The predicted octanol–water partition coefficient (Wildman–Crippen LogP) is 3.75. The zero-order valence-electron chi connectivity index (χ0n) is 14.0. The SMILES string of the molecule is COc1ccc(OC)c(-c2nnc(N)c3cc(OC)ccc23)c1.Cl.Cl. The standard InChI is InChI=1S/C17H17N3O3.2ClH/c1-21-10-4-6-12-13(8-10)17(18)20-19-16(12)14-9-11(22-2)5-7-15(14)23-3;;/h4-9H,1-3H3,(H2,18,20);2*1H. The quantitative estimate of drug-likeness (QED) is 0.738. The first-order valence-electron chi connectivity index (χ1n) is 7.00. The van der Waals surface area contributed by atoms with E-state index in [0.717, 1.165) is 16.3 Å². The molecule has 6 nitrogen and oxygen atoms in total. The van der Waals surface area contributed by atoms with Crippen LogP contribution in [0.25, 0.3) is 22.0 Å². The van der Waals surface area contributed by atoms with E-state index in [1.165, 1.54) is 0 Å². The molecule has 0 aliphatic carbocycles. The number of benzene rings is 2. The van der Waals surface area contributed by atoms with Gasteiger partial charge in [0.05, 0.1) is 21.3 Å². The van der Waals surface area contributed by atoms with Crippen LogP contribution < -0.4 is 19.9 Å². The average molecular weight is 384 g/mol. The summed E-state index contributed by atoms with van der Waals surface area (Å²) in [7, 11) is 4.84. The summed E-state index contributed by atoms with van der Waals surface area (Å²) < 4.78 is 16.0. The van der Waals surface area contributed by atoms with E-state index in [9.17, 15) is 0 Å². The number of ether oxygens (including phenoxy) is 3. The van der Waals surface area contributed by atoms with Gasteiger partial charge in [-0.25, -0.2) is 0 Å². The van der Waals surface area contributed by atoms with Gasteiger partial charge in [0.2, 0.25) is 0 Å². The lowest BCUT2D eigenvalue weighted by Crippen LogP contribution is -1.99. The van der Waals surface area contributed by atoms with Crippen LogP contribution in [0.5, 0.6) is 17.2 Å². The fourth-order valence-corrected chi connectivity index (χ4v) is 2.48. The van der Waals surface area contributed by atoms with E-state index < -0.39 is 0 Å². The lowest BCUT2D eigenvalue weighted by molar-refractivity contribution is 0.404. The molecule has 0 aliphatic heterocycles. The van der Waals surface area contributed by atoms with Gasteiger partial charge < -0.3 is 19.9 Å². The van der Waals surface area contributed by atoms with Crippen LogP contribution in [-0.2, 0) is 0 Å². The number of rotatable bonds is 4. The Morgan fingerprint density at radius 2 is 1.40 bits per heavy atom. The van der Waals surface area contributed by atoms with Gasteiger partial charge >= 0.3 is 0 Å².